The summed E-state index contributed by atoms with van der Waals surface area (Å²) < 4.78 is 10.6. The molecule has 0 spiro atoms. The van der Waals surface area contributed by atoms with Crippen LogP contribution in [-0.2, 0) is 19.3 Å². The van der Waals surface area contributed by atoms with Crippen molar-refractivity contribution < 1.29 is 14.6 Å². The van der Waals surface area contributed by atoms with E-state index >= 15 is 0 Å². The summed E-state index contributed by atoms with van der Waals surface area (Å²) in [6, 6.07) is 6.21. The van der Waals surface area contributed by atoms with E-state index in [9.17, 15) is 0 Å². The third-order valence-corrected chi connectivity index (χ3v) is 8.45. The van der Waals surface area contributed by atoms with E-state index in [1.807, 2.05) is 17.4 Å². The number of benzene rings is 1. The van der Waals surface area contributed by atoms with Gasteiger partial charge in [-0.15, -0.1) is 11.3 Å². The lowest BCUT2D eigenvalue weighted by molar-refractivity contribution is 0.238. The molecule has 2 fully saturated rings. The average molecular weight is 488 g/mol. The third-order valence-electron chi connectivity index (χ3n) is 7.24. The Morgan fingerprint density at radius 1 is 1.03 bits per heavy atom. The van der Waals surface area contributed by atoms with Gasteiger partial charge in [0.15, 0.2) is 16.6 Å². The number of aryl methyl sites for hydroxylation is 3. The molecular formula is C27H41N3O3S. The Hall–Kier alpha value is -1.83. The van der Waals surface area contributed by atoms with Gasteiger partial charge in [-0.2, -0.15) is 0 Å². The monoisotopic (exact) mass is 487 g/mol. The molecule has 34 heavy (non-hydrogen) atoms. The molecule has 3 aliphatic rings. The van der Waals surface area contributed by atoms with E-state index in [4.69, 9.17) is 19.6 Å². The average Bonchev–Trinajstić information content (AvgIpc) is 3.64. The van der Waals surface area contributed by atoms with Gasteiger partial charge in [-0.1, -0.05) is 6.07 Å². The molecular weight excluding hydrogens is 446 g/mol. The van der Waals surface area contributed by atoms with E-state index in [-0.39, 0.29) is 0 Å². The van der Waals surface area contributed by atoms with E-state index in [1.165, 1.54) is 85.8 Å². The van der Waals surface area contributed by atoms with Crippen LogP contribution in [0.2, 0.25) is 0 Å². The normalized spacial score (nSPS) is 20.1. The minimum atomic E-state index is 0.321. The van der Waals surface area contributed by atoms with Crippen molar-refractivity contribution in [3.05, 3.63) is 34.3 Å². The number of hydrogen-bond acceptors (Lipinski definition) is 7. The molecule has 0 amide bonds. The maximum Gasteiger partial charge on any atom is 0.185 e. The van der Waals surface area contributed by atoms with Crippen molar-refractivity contribution in [2.24, 2.45) is 5.92 Å². The molecule has 1 aliphatic carbocycles. The maximum absolute atomic E-state index is 9.15. The van der Waals surface area contributed by atoms with Crippen LogP contribution >= 0.6 is 11.3 Å². The van der Waals surface area contributed by atoms with Crippen molar-refractivity contribution >= 4 is 16.5 Å². The second-order valence-corrected chi connectivity index (χ2v) is 10.8. The summed E-state index contributed by atoms with van der Waals surface area (Å²) in [5, 5.41) is 10.3. The number of methoxy groups -OCH3 is 2. The van der Waals surface area contributed by atoms with Crippen LogP contribution in [0.1, 0.15) is 54.7 Å². The molecule has 5 rings (SSSR count). The van der Waals surface area contributed by atoms with Gasteiger partial charge >= 0.3 is 0 Å². The highest BCUT2D eigenvalue weighted by Gasteiger charge is 2.25. The van der Waals surface area contributed by atoms with Crippen molar-refractivity contribution in [2.45, 2.75) is 57.8 Å². The summed E-state index contributed by atoms with van der Waals surface area (Å²) in [4.78, 5) is 11.2. The Kier molecular flexibility index (Phi) is 9.48. The zero-order valence-electron chi connectivity index (χ0n) is 20.9. The largest absolute Gasteiger partial charge is 0.493 e. The molecule has 6 nitrogen and oxygen atoms in total. The Labute approximate surface area is 208 Å². The number of aromatic nitrogens is 1. The fourth-order valence-corrected chi connectivity index (χ4v) is 6.36. The number of aliphatic hydroxyl groups excluding tert-OH is 1. The molecule has 0 bridgehead atoms. The van der Waals surface area contributed by atoms with Crippen molar-refractivity contribution in [2.75, 3.05) is 58.5 Å². The van der Waals surface area contributed by atoms with Gasteiger partial charge < -0.3 is 24.4 Å². The lowest BCUT2D eigenvalue weighted by Gasteiger charge is -2.14. The Morgan fingerprint density at radius 2 is 1.82 bits per heavy atom. The van der Waals surface area contributed by atoms with Gasteiger partial charge in [0, 0.05) is 30.5 Å². The summed E-state index contributed by atoms with van der Waals surface area (Å²) >= 11 is 1.88. The van der Waals surface area contributed by atoms with E-state index in [0.717, 1.165) is 37.4 Å². The molecule has 1 aromatic carbocycles. The SMILES string of the molecule is COc1ccc(CCCN2CCCC2)cc1OC.OC[C@H]1CCN(c2nc3c(s2)CCCC3)C1. The summed E-state index contributed by atoms with van der Waals surface area (Å²) in [5.41, 5.74) is 2.67. The van der Waals surface area contributed by atoms with Crippen LogP contribution in [0.5, 0.6) is 11.5 Å². The number of thiazole rings is 1. The van der Waals surface area contributed by atoms with Crippen LogP contribution in [0, 0.1) is 5.92 Å². The molecule has 3 heterocycles. The number of aliphatic hydroxyl groups is 1. The zero-order valence-corrected chi connectivity index (χ0v) is 21.7. The number of rotatable bonds is 8. The van der Waals surface area contributed by atoms with Gasteiger partial charge in [-0.25, -0.2) is 4.98 Å². The summed E-state index contributed by atoms with van der Waals surface area (Å²) in [5.74, 6) is 2.10. The number of nitrogens with zero attached hydrogens (tertiary/aromatic N) is 3. The van der Waals surface area contributed by atoms with Crippen LogP contribution in [0.3, 0.4) is 0 Å². The first-order valence-corrected chi connectivity index (χ1v) is 13.8. The Morgan fingerprint density at radius 3 is 2.53 bits per heavy atom. The van der Waals surface area contributed by atoms with Crippen LogP contribution < -0.4 is 14.4 Å². The molecule has 188 valence electrons. The molecule has 1 N–H and O–H groups in total. The molecule has 0 unspecified atom stereocenters. The predicted octanol–water partition coefficient (Wildman–Crippen LogP) is 4.57. The van der Waals surface area contributed by atoms with Crippen LogP contribution in [-0.4, -0.2) is 68.5 Å². The highest BCUT2D eigenvalue weighted by atomic mass is 32.1. The molecule has 2 aliphatic heterocycles. The minimum Gasteiger partial charge on any atom is -0.493 e. The standard InChI is InChI=1S/C15H23NO2.C12H18N2OS/c1-17-14-8-7-13(12-15(14)18-2)6-5-11-16-9-3-4-10-16;15-8-9-5-6-14(7-9)12-13-10-3-1-2-4-11(10)16-12/h7-8,12H,3-6,9-11H2,1-2H3;9,15H,1-8H2/t;9-/m.0/s1. The molecule has 0 radical (unpaired) electrons. The molecule has 1 atom stereocenters. The maximum atomic E-state index is 9.15. The third kappa shape index (κ3) is 6.64. The quantitative estimate of drug-likeness (QED) is 0.589. The van der Waals surface area contributed by atoms with E-state index in [1.54, 1.807) is 14.2 Å². The minimum absolute atomic E-state index is 0.321. The number of hydrogen-bond donors (Lipinski definition) is 1. The van der Waals surface area contributed by atoms with Crippen molar-refractivity contribution in [1.29, 1.82) is 0 Å². The smallest absolute Gasteiger partial charge is 0.185 e. The van der Waals surface area contributed by atoms with E-state index < -0.39 is 0 Å². The molecule has 7 heteroatoms. The highest BCUT2D eigenvalue weighted by molar-refractivity contribution is 7.15. The molecule has 2 aromatic rings. The zero-order chi connectivity index (χ0) is 23.8. The van der Waals surface area contributed by atoms with Gasteiger partial charge in [0.2, 0.25) is 0 Å². The van der Waals surface area contributed by atoms with Crippen LogP contribution in [0.4, 0.5) is 5.13 Å². The van der Waals surface area contributed by atoms with Gasteiger partial charge in [0.05, 0.1) is 19.9 Å². The summed E-state index contributed by atoms with van der Waals surface area (Å²) in [7, 11) is 3.36. The van der Waals surface area contributed by atoms with E-state index in [2.05, 4.69) is 21.9 Å². The highest BCUT2D eigenvalue weighted by Crippen LogP contribution is 2.34. The number of likely N-dealkylation sites (tertiary alicyclic amines) is 1. The lowest BCUT2D eigenvalue weighted by Crippen LogP contribution is -2.20. The van der Waals surface area contributed by atoms with Gasteiger partial charge in [0.1, 0.15) is 0 Å². The first-order chi connectivity index (χ1) is 16.7. The summed E-state index contributed by atoms with van der Waals surface area (Å²) in [6.07, 6.45) is 11.2. The van der Waals surface area contributed by atoms with Gasteiger partial charge in [0.25, 0.3) is 0 Å². The second kappa shape index (κ2) is 12.8. The number of fused-ring (bicyclic) bond motifs is 1. The van der Waals surface area contributed by atoms with Crippen molar-refractivity contribution in [3.8, 4) is 11.5 Å². The second-order valence-electron chi connectivity index (χ2n) is 9.70. The lowest BCUT2D eigenvalue weighted by atomic mass is 10.0. The van der Waals surface area contributed by atoms with Crippen molar-refractivity contribution in [3.63, 3.8) is 0 Å². The first kappa shape index (κ1) is 25.3. The van der Waals surface area contributed by atoms with Crippen LogP contribution in [0.15, 0.2) is 18.2 Å². The molecule has 1 aromatic heterocycles. The van der Waals surface area contributed by atoms with Crippen LogP contribution in [0.25, 0.3) is 0 Å². The van der Waals surface area contributed by atoms with Gasteiger partial charge in [-0.3, -0.25) is 0 Å². The Balaban J connectivity index is 0.000000162. The Bertz CT molecular complexity index is 874. The molecule has 2 saturated heterocycles. The van der Waals surface area contributed by atoms with E-state index in [0.29, 0.717) is 12.5 Å². The summed E-state index contributed by atoms with van der Waals surface area (Å²) in [6.45, 7) is 6.16. The number of anilines is 1. The first-order valence-electron chi connectivity index (χ1n) is 13.0. The number of ether oxygens (including phenoxy) is 2. The fourth-order valence-electron chi connectivity index (χ4n) is 5.18. The van der Waals surface area contributed by atoms with Crippen molar-refractivity contribution in [1.82, 2.24) is 9.88 Å². The van der Waals surface area contributed by atoms with Gasteiger partial charge in [-0.05, 0) is 95.1 Å². The topological polar surface area (TPSA) is 58.1 Å². The predicted molar refractivity (Wildman–Crippen MR) is 140 cm³/mol. The molecule has 0 saturated carbocycles. The fraction of sp³-hybridized carbons (Fsp3) is 0.667.